The molecule has 0 unspecified atom stereocenters. The summed E-state index contributed by atoms with van der Waals surface area (Å²) >= 11 is 1.75. The average Bonchev–Trinajstić information content (AvgIpc) is 3.37. The van der Waals surface area contributed by atoms with E-state index < -0.39 is 4.92 Å². The number of hydrogen-bond acceptors (Lipinski definition) is 5. The fraction of sp³-hybridized carbons (Fsp3) is 0.130. The molecule has 4 aromatic rings. The second-order valence-electron chi connectivity index (χ2n) is 7.32. The smallest absolute Gasteiger partial charge is 0.269 e. The molecule has 0 fully saturated rings. The number of fused-ring (bicyclic) bond motifs is 2. The Labute approximate surface area is 182 Å². The maximum Gasteiger partial charge on any atom is 0.269 e. The van der Waals surface area contributed by atoms with E-state index in [1.165, 1.54) is 12.1 Å². The van der Waals surface area contributed by atoms with E-state index >= 15 is 0 Å². The van der Waals surface area contributed by atoms with Gasteiger partial charge in [0.2, 0.25) is 5.91 Å². The highest BCUT2D eigenvalue weighted by Gasteiger charge is 2.25. The van der Waals surface area contributed by atoms with Gasteiger partial charge in [0.1, 0.15) is 5.82 Å². The summed E-state index contributed by atoms with van der Waals surface area (Å²) in [6, 6.07) is 20.1. The number of benzene rings is 3. The first-order chi connectivity index (χ1) is 15.1. The van der Waals surface area contributed by atoms with Crippen molar-refractivity contribution in [2.24, 2.45) is 0 Å². The third-order valence-corrected chi connectivity index (χ3v) is 6.32. The standard InChI is InChI=1S/C23H18N4O3S/c28-22(12-16-6-3-5-15-4-1-2-7-19(15)16)24-23-20-13-31-14-21(20)25-26(23)17-8-10-18(11-9-17)27(29)30/h1-11H,12-14H2,(H,24,28). The lowest BCUT2D eigenvalue weighted by atomic mass is 10.0. The molecule has 0 saturated heterocycles. The summed E-state index contributed by atoms with van der Waals surface area (Å²) in [5.41, 5.74) is 3.59. The number of nitro groups is 1. The first kappa shape index (κ1) is 19.3. The highest BCUT2D eigenvalue weighted by atomic mass is 32.2. The van der Waals surface area contributed by atoms with Crippen molar-refractivity contribution >= 4 is 39.9 Å². The molecule has 0 bridgehead atoms. The number of aromatic nitrogens is 2. The zero-order chi connectivity index (χ0) is 21.4. The Morgan fingerprint density at radius 2 is 1.84 bits per heavy atom. The molecule has 31 heavy (non-hydrogen) atoms. The number of amides is 1. The summed E-state index contributed by atoms with van der Waals surface area (Å²) < 4.78 is 1.68. The molecule has 7 nitrogen and oxygen atoms in total. The van der Waals surface area contributed by atoms with E-state index in [1.54, 1.807) is 28.6 Å². The van der Waals surface area contributed by atoms with Crippen LogP contribution in [0, 0.1) is 10.1 Å². The predicted octanol–water partition coefficient (Wildman–Crippen LogP) is 4.86. The minimum Gasteiger partial charge on any atom is -0.310 e. The largest absolute Gasteiger partial charge is 0.310 e. The highest BCUT2D eigenvalue weighted by Crippen LogP contribution is 2.36. The number of carbonyl (C=O) groups excluding carboxylic acids is 1. The van der Waals surface area contributed by atoms with E-state index in [0.717, 1.165) is 39.1 Å². The van der Waals surface area contributed by atoms with Gasteiger partial charge < -0.3 is 5.32 Å². The van der Waals surface area contributed by atoms with Gasteiger partial charge in [0, 0.05) is 29.2 Å². The Kier molecular flexibility index (Phi) is 4.91. The van der Waals surface area contributed by atoms with Crippen LogP contribution in [0.25, 0.3) is 16.5 Å². The van der Waals surface area contributed by atoms with E-state index in [1.807, 2.05) is 42.5 Å². The van der Waals surface area contributed by atoms with E-state index in [-0.39, 0.29) is 18.0 Å². The summed E-state index contributed by atoms with van der Waals surface area (Å²) in [7, 11) is 0. The Morgan fingerprint density at radius 1 is 1.06 bits per heavy atom. The molecule has 154 valence electrons. The van der Waals surface area contributed by atoms with E-state index in [4.69, 9.17) is 0 Å². The van der Waals surface area contributed by atoms with Gasteiger partial charge in [-0.25, -0.2) is 4.68 Å². The van der Waals surface area contributed by atoms with Crippen molar-refractivity contribution in [1.82, 2.24) is 9.78 Å². The van der Waals surface area contributed by atoms with Crippen LogP contribution in [0.5, 0.6) is 0 Å². The molecule has 0 radical (unpaired) electrons. The Hall–Kier alpha value is -3.65. The van der Waals surface area contributed by atoms with Gasteiger partial charge in [-0.1, -0.05) is 42.5 Å². The number of nitro benzene ring substituents is 1. The first-order valence-corrected chi connectivity index (χ1v) is 11.0. The van der Waals surface area contributed by atoms with Crippen molar-refractivity contribution < 1.29 is 9.72 Å². The molecule has 1 amide bonds. The van der Waals surface area contributed by atoms with Crippen LogP contribution < -0.4 is 5.32 Å². The summed E-state index contributed by atoms with van der Waals surface area (Å²) in [5.74, 6) is 2.06. The van der Waals surface area contributed by atoms with Crippen molar-refractivity contribution in [1.29, 1.82) is 0 Å². The molecule has 0 aliphatic carbocycles. The molecule has 0 spiro atoms. The van der Waals surface area contributed by atoms with E-state index in [2.05, 4.69) is 10.4 Å². The number of anilines is 1. The Bertz CT molecular complexity index is 1310. The van der Waals surface area contributed by atoms with Gasteiger partial charge in [-0.2, -0.15) is 16.9 Å². The van der Waals surface area contributed by atoms with Crippen LogP contribution in [0.2, 0.25) is 0 Å². The Balaban J connectivity index is 1.46. The molecule has 2 heterocycles. The first-order valence-electron chi connectivity index (χ1n) is 9.80. The third kappa shape index (κ3) is 3.66. The minimum absolute atomic E-state index is 0.0144. The molecule has 1 aliphatic heterocycles. The molecule has 0 saturated carbocycles. The quantitative estimate of drug-likeness (QED) is 0.361. The van der Waals surface area contributed by atoms with Crippen LogP contribution in [0.4, 0.5) is 11.5 Å². The number of nitrogens with one attached hydrogen (secondary N) is 1. The van der Waals surface area contributed by atoms with Gasteiger partial charge in [0.15, 0.2) is 0 Å². The second-order valence-corrected chi connectivity index (χ2v) is 8.30. The average molecular weight is 430 g/mol. The second kappa shape index (κ2) is 7.88. The van der Waals surface area contributed by atoms with Crippen LogP contribution in [0.1, 0.15) is 16.8 Å². The fourth-order valence-corrected chi connectivity index (χ4v) is 4.87. The van der Waals surface area contributed by atoms with Crippen molar-refractivity contribution in [3.8, 4) is 5.69 Å². The normalized spacial score (nSPS) is 12.6. The lowest BCUT2D eigenvalue weighted by molar-refractivity contribution is -0.384. The molecule has 1 N–H and O–H groups in total. The van der Waals surface area contributed by atoms with Gasteiger partial charge in [-0.3, -0.25) is 14.9 Å². The van der Waals surface area contributed by atoms with Gasteiger partial charge in [0.25, 0.3) is 5.69 Å². The van der Waals surface area contributed by atoms with Crippen LogP contribution in [0.3, 0.4) is 0 Å². The maximum atomic E-state index is 13.0. The van der Waals surface area contributed by atoms with Gasteiger partial charge in [-0.15, -0.1) is 0 Å². The summed E-state index contributed by atoms with van der Waals surface area (Å²) in [5, 5.41) is 20.8. The molecule has 5 rings (SSSR count). The van der Waals surface area contributed by atoms with Crippen molar-refractivity contribution in [2.75, 3.05) is 5.32 Å². The van der Waals surface area contributed by atoms with Crippen LogP contribution in [0.15, 0.2) is 66.7 Å². The molecular weight excluding hydrogens is 412 g/mol. The number of nitrogens with zero attached hydrogens (tertiary/aromatic N) is 3. The van der Waals surface area contributed by atoms with E-state index in [9.17, 15) is 14.9 Å². The fourth-order valence-electron chi connectivity index (χ4n) is 3.84. The van der Waals surface area contributed by atoms with Crippen LogP contribution in [-0.2, 0) is 22.7 Å². The van der Waals surface area contributed by atoms with E-state index in [0.29, 0.717) is 11.5 Å². The number of non-ortho nitro benzene ring substituents is 1. The predicted molar refractivity (Wildman–Crippen MR) is 121 cm³/mol. The summed E-state index contributed by atoms with van der Waals surface area (Å²) in [4.78, 5) is 23.5. The third-order valence-electron chi connectivity index (χ3n) is 5.35. The molecule has 0 atom stereocenters. The van der Waals surface area contributed by atoms with Crippen molar-refractivity contribution in [2.45, 2.75) is 17.9 Å². The molecular formula is C23H18N4O3S. The summed E-state index contributed by atoms with van der Waals surface area (Å²) in [6.45, 7) is 0. The molecule has 8 heteroatoms. The number of carbonyl (C=O) groups is 1. The lowest BCUT2D eigenvalue weighted by Gasteiger charge is -2.12. The van der Waals surface area contributed by atoms with Gasteiger partial charge in [-0.05, 0) is 28.5 Å². The SMILES string of the molecule is O=C(Cc1cccc2ccccc12)Nc1c2c(nn1-c1ccc([N+](=O)[O-])cc1)CSC2. The van der Waals surface area contributed by atoms with Crippen LogP contribution >= 0.6 is 11.8 Å². The lowest BCUT2D eigenvalue weighted by Crippen LogP contribution is -2.18. The van der Waals surface area contributed by atoms with Crippen LogP contribution in [-0.4, -0.2) is 20.6 Å². The minimum atomic E-state index is -0.434. The Morgan fingerprint density at radius 3 is 2.65 bits per heavy atom. The molecule has 1 aromatic heterocycles. The number of thioether (sulfide) groups is 1. The number of rotatable bonds is 5. The van der Waals surface area contributed by atoms with Crippen molar-refractivity contribution in [3.05, 3.63) is 93.7 Å². The summed E-state index contributed by atoms with van der Waals surface area (Å²) in [6.07, 6.45) is 0.245. The number of hydrogen-bond donors (Lipinski definition) is 1. The monoisotopic (exact) mass is 430 g/mol. The molecule has 3 aromatic carbocycles. The highest BCUT2D eigenvalue weighted by molar-refractivity contribution is 7.98. The zero-order valence-corrected chi connectivity index (χ0v) is 17.3. The zero-order valence-electron chi connectivity index (χ0n) is 16.4. The topological polar surface area (TPSA) is 90.1 Å². The molecule has 1 aliphatic rings. The maximum absolute atomic E-state index is 13.0. The van der Waals surface area contributed by atoms with Gasteiger partial charge in [0.05, 0.1) is 22.7 Å². The van der Waals surface area contributed by atoms with Gasteiger partial charge >= 0.3 is 0 Å². The van der Waals surface area contributed by atoms with Crippen molar-refractivity contribution in [3.63, 3.8) is 0 Å².